The molecule has 0 aromatic rings. The van der Waals surface area contributed by atoms with Crippen LogP contribution in [-0.2, 0) is 14.2 Å². The predicted octanol–water partition coefficient (Wildman–Crippen LogP) is 0.209. The second kappa shape index (κ2) is 4.05. The summed E-state index contributed by atoms with van der Waals surface area (Å²) in [5.41, 5.74) is 0. The van der Waals surface area contributed by atoms with Crippen molar-refractivity contribution in [3.63, 3.8) is 0 Å². The van der Waals surface area contributed by atoms with Crippen LogP contribution in [0, 0.1) is 0 Å². The molecular formula is C4H10O3. The van der Waals surface area contributed by atoms with E-state index in [1.807, 2.05) is 0 Å². The molecule has 0 rings (SSSR count). The Morgan fingerprint density at radius 3 is 1.14 bits per heavy atom. The molecule has 3 heteroatoms. The molecule has 0 atom stereocenters. The standard InChI is InChI=1S/C4H10O3/c1-5-4(6-2)7-3/h4H,1-3H3/i4+1. The van der Waals surface area contributed by atoms with Crippen molar-refractivity contribution in [2.24, 2.45) is 0 Å². The highest BCUT2D eigenvalue weighted by Crippen LogP contribution is 1.87. The van der Waals surface area contributed by atoms with Gasteiger partial charge in [-0.25, -0.2) is 0 Å². The summed E-state index contributed by atoms with van der Waals surface area (Å²) in [5.74, 6) is 0. The van der Waals surface area contributed by atoms with E-state index in [0.717, 1.165) is 0 Å². The van der Waals surface area contributed by atoms with E-state index in [1.165, 1.54) is 21.3 Å². The molecule has 7 heavy (non-hydrogen) atoms. The number of rotatable bonds is 3. The SMILES string of the molecule is CO[13CH](OC)OC. The van der Waals surface area contributed by atoms with Crippen molar-refractivity contribution in [2.75, 3.05) is 21.3 Å². The summed E-state index contributed by atoms with van der Waals surface area (Å²) >= 11 is 0. The molecule has 0 aliphatic carbocycles. The molecule has 0 heterocycles. The zero-order valence-corrected chi connectivity index (χ0v) is 4.80. The fourth-order valence-electron chi connectivity index (χ4n) is 0.289. The molecule has 0 saturated carbocycles. The number of methoxy groups -OCH3 is 3. The maximum absolute atomic E-state index is 4.60. The van der Waals surface area contributed by atoms with Gasteiger partial charge in [0.25, 0.3) is 6.48 Å². The van der Waals surface area contributed by atoms with Gasteiger partial charge < -0.3 is 14.2 Å². The third-order valence-corrected chi connectivity index (χ3v) is 0.577. The average molecular weight is 107 g/mol. The lowest BCUT2D eigenvalue weighted by atomic mass is 11.6. The lowest BCUT2D eigenvalue weighted by molar-refractivity contribution is -0.252. The Labute approximate surface area is 43.2 Å². The Morgan fingerprint density at radius 2 is 1.14 bits per heavy atom. The number of hydrogen-bond donors (Lipinski definition) is 0. The van der Waals surface area contributed by atoms with Gasteiger partial charge in [-0.3, -0.25) is 0 Å². The highest BCUT2D eigenvalue weighted by molar-refractivity contribution is 4.08. The van der Waals surface area contributed by atoms with Crippen LogP contribution in [0.2, 0.25) is 0 Å². The van der Waals surface area contributed by atoms with Gasteiger partial charge in [-0.15, -0.1) is 0 Å². The van der Waals surface area contributed by atoms with Gasteiger partial charge in [0.05, 0.1) is 0 Å². The second-order valence-corrected chi connectivity index (χ2v) is 0.996. The molecule has 0 fully saturated rings. The molecule has 0 saturated heterocycles. The number of ether oxygens (including phenoxy) is 3. The first kappa shape index (κ1) is 6.88. The predicted molar refractivity (Wildman–Crippen MR) is 24.8 cm³/mol. The van der Waals surface area contributed by atoms with Crippen molar-refractivity contribution in [1.29, 1.82) is 0 Å². The molecule has 0 aliphatic heterocycles. The quantitative estimate of drug-likeness (QED) is 0.381. The van der Waals surface area contributed by atoms with Crippen LogP contribution in [0.4, 0.5) is 0 Å². The fourth-order valence-corrected chi connectivity index (χ4v) is 0.289. The largest absolute Gasteiger partial charge is 0.333 e. The van der Waals surface area contributed by atoms with Crippen LogP contribution in [0.15, 0.2) is 0 Å². The first-order valence-corrected chi connectivity index (χ1v) is 1.93. The smallest absolute Gasteiger partial charge is 0.270 e. The van der Waals surface area contributed by atoms with Crippen LogP contribution in [0.5, 0.6) is 0 Å². The van der Waals surface area contributed by atoms with Gasteiger partial charge in [-0.1, -0.05) is 0 Å². The van der Waals surface area contributed by atoms with Crippen molar-refractivity contribution in [2.45, 2.75) is 6.48 Å². The van der Waals surface area contributed by atoms with Gasteiger partial charge in [-0.2, -0.15) is 0 Å². The lowest BCUT2D eigenvalue weighted by Crippen LogP contribution is -2.14. The normalized spacial score (nSPS) is 10.3. The molecule has 0 aromatic carbocycles. The topological polar surface area (TPSA) is 27.7 Å². The summed E-state index contributed by atoms with van der Waals surface area (Å²) in [6.45, 7) is -0.514. The van der Waals surface area contributed by atoms with Crippen LogP contribution >= 0.6 is 0 Å². The van der Waals surface area contributed by atoms with E-state index in [-0.39, 0.29) is 0 Å². The Balaban J connectivity index is 2.99. The molecule has 0 N–H and O–H groups in total. The van der Waals surface area contributed by atoms with E-state index in [9.17, 15) is 0 Å². The summed E-state index contributed by atoms with van der Waals surface area (Å²) in [7, 11) is 4.53. The first-order chi connectivity index (χ1) is 3.35. The Kier molecular flexibility index (Phi) is 3.98. The highest BCUT2D eigenvalue weighted by atomic mass is 17.0. The maximum atomic E-state index is 4.60. The van der Waals surface area contributed by atoms with E-state index >= 15 is 0 Å². The minimum atomic E-state index is -0.514. The van der Waals surface area contributed by atoms with Gasteiger partial charge in [0.2, 0.25) is 0 Å². The summed E-state index contributed by atoms with van der Waals surface area (Å²) in [5, 5.41) is 0. The van der Waals surface area contributed by atoms with E-state index in [2.05, 4.69) is 14.2 Å². The zero-order chi connectivity index (χ0) is 5.70. The Hall–Kier alpha value is -0.120. The molecule has 0 radical (unpaired) electrons. The van der Waals surface area contributed by atoms with Crippen LogP contribution < -0.4 is 0 Å². The van der Waals surface area contributed by atoms with Crippen molar-refractivity contribution in [1.82, 2.24) is 0 Å². The van der Waals surface area contributed by atoms with E-state index in [1.54, 1.807) is 0 Å². The van der Waals surface area contributed by atoms with Gasteiger partial charge in [-0.05, 0) is 0 Å². The first-order valence-electron chi connectivity index (χ1n) is 1.93. The molecular weight excluding hydrogens is 97.0 g/mol. The lowest BCUT2D eigenvalue weighted by Gasteiger charge is -2.08. The molecule has 44 valence electrons. The van der Waals surface area contributed by atoms with Crippen LogP contribution in [0.3, 0.4) is 0 Å². The van der Waals surface area contributed by atoms with Gasteiger partial charge in [0.15, 0.2) is 0 Å². The van der Waals surface area contributed by atoms with E-state index < -0.39 is 6.48 Å². The molecule has 0 aromatic heterocycles. The van der Waals surface area contributed by atoms with Crippen LogP contribution in [0.25, 0.3) is 0 Å². The summed E-state index contributed by atoms with van der Waals surface area (Å²) < 4.78 is 13.8. The molecule has 3 nitrogen and oxygen atoms in total. The molecule has 0 spiro atoms. The Morgan fingerprint density at radius 1 is 0.857 bits per heavy atom. The van der Waals surface area contributed by atoms with Crippen molar-refractivity contribution < 1.29 is 14.2 Å². The molecule has 0 amide bonds. The van der Waals surface area contributed by atoms with Crippen molar-refractivity contribution in [3.8, 4) is 0 Å². The minimum absolute atomic E-state index is 0.514. The fraction of sp³-hybridized carbons (Fsp3) is 1.00. The van der Waals surface area contributed by atoms with Crippen LogP contribution in [0.1, 0.15) is 0 Å². The third-order valence-electron chi connectivity index (χ3n) is 0.577. The van der Waals surface area contributed by atoms with Crippen molar-refractivity contribution >= 4 is 0 Å². The van der Waals surface area contributed by atoms with E-state index in [0.29, 0.717) is 0 Å². The third kappa shape index (κ3) is 2.56. The zero-order valence-electron chi connectivity index (χ0n) is 4.80. The monoisotopic (exact) mass is 107 g/mol. The van der Waals surface area contributed by atoms with Gasteiger partial charge in [0, 0.05) is 21.3 Å². The van der Waals surface area contributed by atoms with Gasteiger partial charge in [0.1, 0.15) is 0 Å². The van der Waals surface area contributed by atoms with Gasteiger partial charge >= 0.3 is 0 Å². The highest BCUT2D eigenvalue weighted by Gasteiger charge is 1.96. The summed E-state index contributed by atoms with van der Waals surface area (Å²) in [4.78, 5) is 0. The molecule has 0 unspecified atom stereocenters. The summed E-state index contributed by atoms with van der Waals surface area (Å²) in [6, 6.07) is 0. The minimum Gasteiger partial charge on any atom is -0.333 e. The molecule has 0 bridgehead atoms. The second-order valence-electron chi connectivity index (χ2n) is 0.996. The van der Waals surface area contributed by atoms with E-state index in [4.69, 9.17) is 0 Å². The number of hydrogen-bond acceptors (Lipinski definition) is 3. The maximum Gasteiger partial charge on any atom is 0.270 e. The van der Waals surface area contributed by atoms with Crippen molar-refractivity contribution in [3.05, 3.63) is 0 Å². The van der Waals surface area contributed by atoms with Crippen LogP contribution in [-0.4, -0.2) is 27.8 Å². The average Bonchev–Trinajstić information content (AvgIpc) is 1.72. The Bertz CT molecular complexity index is 28.4. The summed E-state index contributed by atoms with van der Waals surface area (Å²) in [6.07, 6.45) is 0. The molecule has 0 aliphatic rings.